The van der Waals surface area contributed by atoms with Gasteiger partial charge in [0.15, 0.2) is 12.2 Å². The van der Waals surface area contributed by atoms with E-state index in [2.05, 4.69) is 4.99 Å². The molecule has 148 valence electrons. The molecule has 0 bridgehead atoms. The minimum atomic E-state index is -0.697. The lowest BCUT2D eigenvalue weighted by Gasteiger charge is -2.40. The first-order chi connectivity index (χ1) is 13.4. The third kappa shape index (κ3) is 2.76. The SMILES string of the molecule is CCOC(=O)CN1C(=O)C2C(N=C3N(c4ccc(F)cc4)CCN32)N(C)C1=O. The Bertz CT molecular complexity index is 858. The van der Waals surface area contributed by atoms with Crippen LogP contribution in [0.1, 0.15) is 6.92 Å². The highest BCUT2D eigenvalue weighted by atomic mass is 19.1. The summed E-state index contributed by atoms with van der Waals surface area (Å²) in [6, 6.07) is 4.74. The Hall–Kier alpha value is -3.17. The lowest BCUT2D eigenvalue weighted by atomic mass is 10.1. The molecule has 3 heterocycles. The summed E-state index contributed by atoms with van der Waals surface area (Å²) in [4.78, 5) is 48.0. The second kappa shape index (κ2) is 6.77. The van der Waals surface area contributed by atoms with Crippen molar-refractivity contribution < 1.29 is 23.5 Å². The number of rotatable bonds is 4. The molecule has 10 heteroatoms. The lowest BCUT2D eigenvalue weighted by Crippen LogP contribution is -2.65. The Balaban J connectivity index is 1.60. The molecule has 9 nitrogen and oxygen atoms in total. The van der Waals surface area contributed by atoms with Crippen molar-refractivity contribution in [3.05, 3.63) is 30.1 Å². The van der Waals surface area contributed by atoms with E-state index in [1.165, 1.54) is 17.0 Å². The molecule has 4 rings (SSSR count). The van der Waals surface area contributed by atoms with Gasteiger partial charge in [-0.3, -0.25) is 14.5 Å². The van der Waals surface area contributed by atoms with Crippen LogP contribution in [0.5, 0.6) is 0 Å². The van der Waals surface area contributed by atoms with Crippen molar-refractivity contribution in [3.8, 4) is 0 Å². The van der Waals surface area contributed by atoms with Crippen LogP contribution in [0.25, 0.3) is 0 Å². The first-order valence-electron chi connectivity index (χ1n) is 9.03. The van der Waals surface area contributed by atoms with E-state index in [-0.39, 0.29) is 12.4 Å². The maximum absolute atomic E-state index is 13.2. The largest absolute Gasteiger partial charge is 0.465 e. The first-order valence-corrected chi connectivity index (χ1v) is 9.03. The van der Waals surface area contributed by atoms with Gasteiger partial charge in [0.2, 0.25) is 5.96 Å². The Labute approximate surface area is 160 Å². The molecule has 0 saturated carbocycles. The van der Waals surface area contributed by atoms with Gasteiger partial charge in [-0.25, -0.2) is 14.2 Å². The fraction of sp³-hybridized carbons (Fsp3) is 0.444. The van der Waals surface area contributed by atoms with Crippen molar-refractivity contribution in [1.29, 1.82) is 0 Å². The van der Waals surface area contributed by atoms with Gasteiger partial charge in [-0.15, -0.1) is 0 Å². The van der Waals surface area contributed by atoms with Crippen LogP contribution in [0.2, 0.25) is 0 Å². The number of carbonyl (C=O) groups is 3. The fourth-order valence-electron chi connectivity index (χ4n) is 3.78. The number of carbonyl (C=O) groups excluding carboxylic acids is 3. The van der Waals surface area contributed by atoms with Crippen molar-refractivity contribution in [2.45, 2.75) is 19.1 Å². The molecule has 2 unspecified atom stereocenters. The van der Waals surface area contributed by atoms with E-state index < -0.39 is 36.7 Å². The number of urea groups is 1. The highest BCUT2D eigenvalue weighted by molar-refractivity contribution is 6.08. The highest BCUT2D eigenvalue weighted by Gasteiger charge is 2.55. The Morgan fingerprint density at radius 3 is 2.64 bits per heavy atom. The molecular formula is C18H20FN5O4. The predicted octanol–water partition coefficient (Wildman–Crippen LogP) is 0.469. The van der Waals surface area contributed by atoms with Crippen molar-refractivity contribution in [2.24, 2.45) is 4.99 Å². The summed E-state index contributed by atoms with van der Waals surface area (Å²) in [7, 11) is 1.55. The van der Waals surface area contributed by atoms with Gasteiger partial charge in [-0.2, -0.15) is 0 Å². The zero-order valence-corrected chi connectivity index (χ0v) is 15.5. The van der Waals surface area contributed by atoms with Gasteiger partial charge in [-0.05, 0) is 31.2 Å². The molecule has 0 spiro atoms. The van der Waals surface area contributed by atoms with Gasteiger partial charge in [0.1, 0.15) is 12.4 Å². The van der Waals surface area contributed by atoms with Gasteiger partial charge < -0.3 is 19.4 Å². The number of aliphatic imine (C=N–C) groups is 1. The second-order valence-electron chi connectivity index (χ2n) is 6.73. The molecule has 0 radical (unpaired) electrons. The third-order valence-corrected chi connectivity index (χ3v) is 5.11. The molecule has 3 amide bonds. The number of amides is 3. The number of benzene rings is 1. The average Bonchev–Trinajstić information content (AvgIpc) is 3.24. The van der Waals surface area contributed by atoms with Crippen LogP contribution in [0, 0.1) is 5.82 Å². The molecular weight excluding hydrogens is 369 g/mol. The van der Waals surface area contributed by atoms with Gasteiger partial charge in [0.25, 0.3) is 5.91 Å². The zero-order chi connectivity index (χ0) is 20.0. The Kier molecular flexibility index (Phi) is 4.40. The molecule has 2 atom stereocenters. The van der Waals surface area contributed by atoms with Crippen LogP contribution in [-0.4, -0.2) is 84.1 Å². The first kappa shape index (κ1) is 18.2. The number of nitrogens with zero attached hydrogens (tertiary/aromatic N) is 5. The lowest BCUT2D eigenvalue weighted by molar-refractivity contribution is -0.150. The van der Waals surface area contributed by atoms with Crippen molar-refractivity contribution >= 4 is 29.6 Å². The van der Waals surface area contributed by atoms with Gasteiger partial charge in [0, 0.05) is 25.8 Å². The minimum Gasteiger partial charge on any atom is -0.465 e. The Morgan fingerprint density at radius 2 is 1.96 bits per heavy atom. The van der Waals surface area contributed by atoms with E-state index in [4.69, 9.17) is 4.74 Å². The topological polar surface area (TPSA) is 85.8 Å². The number of likely N-dealkylation sites (N-methyl/N-ethyl adjacent to an activating group) is 1. The summed E-state index contributed by atoms with van der Waals surface area (Å²) in [5.41, 5.74) is 0.756. The highest BCUT2D eigenvalue weighted by Crippen LogP contribution is 2.33. The molecule has 1 aromatic rings. The number of guanidine groups is 1. The van der Waals surface area contributed by atoms with Gasteiger partial charge in [0.05, 0.1) is 6.61 Å². The summed E-state index contributed by atoms with van der Waals surface area (Å²) in [5, 5.41) is 0. The molecule has 2 saturated heterocycles. The maximum Gasteiger partial charge on any atom is 0.328 e. The van der Waals surface area contributed by atoms with Crippen LogP contribution in [0.15, 0.2) is 29.3 Å². The summed E-state index contributed by atoms with van der Waals surface area (Å²) in [5.74, 6) is -0.880. The number of hydrogen-bond acceptors (Lipinski definition) is 7. The van der Waals surface area contributed by atoms with Crippen molar-refractivity contribution in [2.75, 3.05) is 38.2 Å². The zero-order valence-electron chi connectivity index (χ0n) is 15.5. The summed E-state index contributed by atoms with van der Waals surface area (Å²) in [6.07, 6.45) is -0.670. The van der Waals surface area contributed by atoms with Crippen molar-refractivity contribution in [3.63, 3.8) is 0 Å². The summed E-state index contributed by atoms with van der Waals surface area (Å²) < 4.78 is 18.1. The van der Waals surface area contributed by atoms with Gasteiger partial charge in [-0.1, -0.05) is 0 Å². The maximum atomic E-state index is 13.2. The molecule has 0 N–H and O–H groups in total. The van der Waals surface area contributed by atoms with E-state index in [9.17, 15) is 18.8 Å². The van der Waals surface area contributed by atoms with Gasteiger partial charge >= 0.3 is 12.0 Å². The minimum absolute atomic E-state index is 0.170. The van der Waals surface area contributed by atoms with Crippen LogP contribution in [0.3, 0.4) is 0 Å². The number of imide groups is 1. The monoisotopic (exact) mass is 389 g/mol. The van der Waals surface area contributed by atoms with Crippen molar-refractivity contribution in [1.82, 2.24) is 14.7 Å². The Morgan fingerprint density at radius 1 is 1.25 bits per heavy atom. The normalized spacial score (nSPS) is 23.8. The fourth-order valence-corrected chi connectivity index (χ4v) is 3.78. The van der Waals surface area contributed by atoms with E-state index in [0.717, 1.165) is 10.6 Å². The number of ether oxygens (including phenoxy) is 1. The number of halogens is 1. The van der Waals surface area contributed by atoms with Crippen LogP contribution < -0.4 is 4.90 Å². The standard InChI is InChI=1S/C18H20FN5O4/c1-3-28-13(25)10-24-16(26)14-15(21(2)18(24)27)20-17-22(8-9-23(14)17)12-6-4-11(19)5-7-12/h4-7,14-15H,3,8-10H2,1-2H3. The molecule has 0 aromatic heterocycles. The number of anilines is 1. The smallest absolute Gasteiger partial charge is 0.328 e. The molecule has 2 fully saturated rings. The third-order valence-electron chi connectivity index (χ3n) is 5.11. The summed E-state index contributed by atoms with van der Waals surface area (Å²) >= 11 is 0. The van der Waals surface area contributed by atoms with Crippen LogP contribution >= 0.6 is 0 Å². The summed E-state index contributed by atoms with van der Waals surface area (Å²) in [6.45, 7) is 2.51. The molecule has 0 aliphatic carbocycles. The molecule has 28 heavy (non-hydrogen) atoms. The average molecular weight is 389 g/mol. The predicted molar refractivity (Wildman–Crippen MR) is 97.0 cm³/mol. The van der Waals surface area contributed by atoms with E-state index in [1.54, 1.807) is 26.1 Å². The molecule has 1 aromatic carbocycles. The van der Waals surface area contributed by atoms with Crippen LogP contribution in [-0.2, 0) is 14.3 Å². The quantitative estimate of drug-likeness (QED) is 0.696. The van der Waals surface area contributed by atoms with E-state index in [0.29, 0.717) is 19.0 Å². The van der Waals surface area contributed by atoms with E-state index >= 15 is 0 Å². The number of esters is 1. The number of fused-ring (bicyclic) bond motifs is 3. The molecule has 3 aliphatic rings. The van der Waals surface area contributed by atoms with Crippen LogP contribution in [0.4, 0.5) is 14.9 Å². The number of hydrogen-bond donors (Lipinski definition) is 0. The molecule has 3 aliphatic heterocycles. The second-order valence-corrected chi connectivity index (χ2v) is 6.73. The van der Waals surface area contributed by atoms with E-state index in [1.807, 2.05) is 9.80 Å².